The smallest absolute Gasteiger partial charge is 0.254 e. The van der Waals surface area contributed by atoms with Crippen molar-refractivity contribution in [1.29, 1.82) is 0 Å². The Balaban J connectivity index is 1.36. The molecule has 0 bridgehead atoms. The number of carbonyl (C=O) groups excluding carboxylic acids is 1. The Morgan fingerprint density at radius 2 is 1.88 bits per heavy atom. The molecular weight excluding hydrogens is 522 g/mol. The van der Waals surface area contributed by atoms with E-state index in [9.17, 15) is 4.79 Å². The topological polar surface area (TPSA) is 124 Å². The summed E-state index contributed by atoms with van der Waals surface area (Å²) >= 11 is 1.60. The minimum absolute atomic E-state index is 0.0377. The van der Waals surface area contributed by atoms with Crippen LogP contribution >= 0.6 is 11.3 Å². The highest BCUT2D eigenvalue weighted by atomic mass is 32.1. The lowest BCUT2D eigenvalue weighted by Crippen LogP contribution is -2.35. The van der Waals surface area contributed by atoms with Crippen LogP contribution in [0.25, 0.3) is 22.6 Å². The van der Waals surface area contributed by atoms with E-state index in [1.807, 2.05) is 66.6 Å². The van der Waals surface area contributed by atoms with Gasteiger partial charge in [0.2, 0.25) is 11.8 Å². The van der Waals surface area contributed by atoms with Gasteiger partial charge < -0.3 is 15.1 Å². The van der Waals surface area contributed by atoms with Crippen LogP contribution in [0.3, 0.4) is 0 Å². The third-order valence-electron chi connectivity index (χ3n) is 7.08. The summed E-state index contributed by atoms with van der Waals surface area (Å²) in [4.78, 5) is 28.9. The fraction of sp³-hybridized carbons (Fsp3) is 0.267. The number of amides is 1. The Labute approximate surface area is 236 Å². The number of hydrogen-bond donors (Lipinski definition) is 1. The molecule has 2 aromatic carbocycles. The van der Waals surface area contributed by atoms with Crippen LogP contribution in [0.5, 0.6) is 0 Å². The number of thiazole rings is 1. The molecule has 1 amide bonds. The molecule has 1 saturated heterocycles. The van der Waals surface area contributed by atoms with Crippen LogP contribution in [0.1, 0.15) is 58.3 Å². The fourth-order valence-electron chi connectivity index (χ4n) is 5.11. The van der Waals surface area contributed by atoms with E-state index in [4.69, 9.17) is 10.2 Å². The summed E-state index contributed by atoms with van der Waals surface area (Å²) in [5, 5.41) is 11.6. The molecule has 4 heterocycles. The minimum atomic E-state index is -0.870. The second-order valence-electron chi connectivity index (χ2n) is 10.4. The first-order valence-corrected chi connectivity index (χ1v) is 14.1. The zero-order chi connectivity index (χ0) is 27.7. The summed E-state index contributed by atoms with van der Waals surface area (Å²) in [6.07, 6.45) is 7.26. The van der Waals surface area contributed by atoms with Gasteiger partial charge in [-0.2, -0.15) is 0 Å². The molecule has 6 rings (SSSR count). The molecule has 2 N–H and O–H groups in total. The predicted octanol–water partition coefficient (Wildman–Crippen LogP) is 5.35. The van der Waals surface area contributed by atoms with Gasteiger partial charge >= 0.3 is 0 Å². The lowest BCUT2D eigenvalue weighted by atomic mass is 9.94. The molecule has 2 atom stereocenters. The van der Waals surface area contributed by atoms with Crippen molar-refractivity contribution in [3.05, 3.63) is 100 Å². The molecule has 5 aromatic rings. The van der Waals surface area contributed by atoms with Crippen LogP contribution < -0.4 is 5.73 Å². The third-order valence-corrected chi connectivity index (χ3v) is 8.15. The molecule has 1 fully saturated rings. The summed E-state index contributed by atoms with van der Waals surface area (Å²) in [6, 6.07) is 15.5. The summed E-state index contributed by atoms with van der Waals surface area (Å²) in [7, 11) is 0. The first-order valence-electron chi connectivity index (χ1n) is 13.2. The Hall–Kier alpha value is -4.28. The van der Waals surface area contributed by atoms with Crippen molar-refractivity contribution in [2.24, 2.45) is 5.73 Å². The number of likely N-dealkylation sites (tertiary alicyclic amines) is 1. The first-order chi connectivity index (χ1) is 19.4. The summed E-state index contributed by atoms with van der Waals surface area (Å²) in [5.74, 6) is 0.551. The number of nitrogens with zero attached hydrogens (tertiary/aromatic N) is 6. The van der Waals surface area contributed by atoms with Crippen molar-refractivity contribution in [2.45, 2.75) is 44.7 Å². The normalized spacial score (nSPS) is 16.7. The molecule has 1 aliphatic heterocycles. The zero-order valence-corrected chi connectivity index (χ0v) is 23.1. The number of benzene rings is 2. The van der Waals surface area contributed by atoms with Gasteiger partial charge in [0.25, 0.3) is 5.91 Å². The van der Waals surface area contributed by atoms with E-state index in [1.165, 1.54) is 6.33 Å². The van der Waals surface area contributed by atoms with E-state index >= 15 is 0 Å². The van der Waals surface area contributed by atoms with Gasteiger partial charge in [0.15, 0.2) is 0 Å². The highest BCUT2D eigenvalue weighted by Crippen LogP contribution is 2.36. The van der Waals surface area contributed by atoms with Gasteiger partial charge in [0.1, 0.15) is 11.3 Å². The largest absolute Gasteiger partial charge is 0.419 e. The number of nitrogens with two attached hydrogens (primary N) is 1. The van der Waals surface area contributed by atoms with E-state index < -0.39 is 5.54 Å². The van der Waals surface area contributed by atoms with Crippen LogP contribution in [0, 0.1) is 6.92 Å². The second-order valence-corrected chi connectivity index (χ2v) is 11.3. The van der Waals surface area contributed by atoms with Gasteiger partial charge in [-0.3, -0.25) is 4.79 Å². The third kappa shape index (κ3) is 5.28. The second kappa shape index (κ2) is 10.7. The van der Waals surface area contributed by atoms with E-state index in [1.54, 1.807) is 29.8 Å². The van der Waals surface area contributed by atoms with Crippen molar-refractivity contribution in [2.75, 3.05) is 6.54 Å². The molecular formula is C30H29N7O2S. The Morgan fingerprint density at radius 1 is 1.10 bits per heavy atom. The lowest BCUT2D eigenvalue weighted by Gasteiger charge is -2.23. The molecule has 0 saturated carbocycles. The Bertz CT molecular complexity index is 1630. The van der Waals surface area contributed by atoms with Gasteiger partial charge in [-0.05, 0) is 62.4 Å². The van der Waals surface area contributed by atoms with Crippen molar-refractivity contribution in [1.82, 2.24) is 30.0 Å². The number of hydrogen-bond acceptors (Lipinski definition) is 9. The maximum Gasteiger partial charge on any atom is 0.254 e. The van der Waals surface area contributed by atoms with Gasteiger partial charge in [-0.15, -0.1) is 21.5 Å². The van der Waals surface area contributed by atoms with Gasteiger partial charge in [-0.25, -0.2) is 15.0 Å². The van der Waals surface area contributed by atoms with Gasteiger partial charge in [0, 0.05) is 46.7 Å². The summed E-state index contributed by atoms with van der Waals surface area (Å²) in [6.45, 7) is 4.52. The Kier molecular flexibility index (Phi) is 6.95. The SMILES string of the molecule is Cc1csc([C@H]2CCCN2C(=O)c2cc(-c3cncnc3)cc(-c3nnc([C@@](C)(N)Cc4ccccc4)o3)c2)n1. The van der Waals surface area contributed by atoms with Crippen molar-refractivity contribution in [3.8, 4) is 22.6 Å². The van der Waals surface area contributed by atoms with Crippen molar-refractivity contribution < 1.29 is 9.21 Å². The molecule has 9 nitrogen and oxygen atoms in total. The average molecular weight is 552 g/mol. The molecule has 40 heavy (non-hydrogen) atoms. The number of rotatable bonds is 7. The van der Waals surface area contributed by atoms with Crippen molar-refractivity contribution in [3.63, 3.8) is 0 Å². The maximum atomic E-state index is 14.0. The zero-order valence-electron chi connectivity index (χ0n) is 22.3. The molecule has 0 unspecified atom stereocenters. The van der Waals surface area contributed by atoms with Crippen LogP contribution in [0.4, 0.5) is 0 Å². The highest BCUT2D eigenvalue weighted by molar-refractivity contribution is 7.09. The molecule has 0 aliphatic carbocycles. The van der Waals surface area contributed by atoms with Crippen LogP contribution in [0.15, 0.2) is 77.0 Å². The van der Waals surface area contributed by atoms with Crippen LogP contribution in [0.2, 0.25) is 0 Å². The minimum Gasteiger partial charge on any atom is -0.419 e. The summed E-state index contributed by atoms with van der Waals surface area (Å²) in [5.41, 5.74) is 10.5. The average Bonchev–Trinajstić information content (AvgIpc) is 3.74. The molecule has 10 heteroatoms. The summed E-state index contributed by atoms with van der Waals surface area (Å²) < 4.78 is 6.14. The van der Waals surface area contributed by atoms with E-state index in [0.29, 0.717) is 35.9 Å². The van der Waals surface area contributed by atoms with Gasteiger partial charge in [-0.1, -0.05) is 30.3 Å². The van der Waals surface area contributed by atoms with E-state index in [0.717, 1.165) is 40.2 Å². The number of carbonyl (C=O) groups is 1. The standard InChI is InChI=1S/C30H29N7O2S/c1-19-17-40-27(34-19)25-9-6-10-37(25)28(38)23-12-21(24-15-32-18-33-16-24)11-22(13-23)26-35-36-29(39-26)30(2,31)14-20-7-4-3-5-8-20/h3-5,7-8,11-13,15-18,25H,6,9-10,14,31H2,1-2H3/t25-,30+/m1/s1. The molecule has 1 aliphatic rings. The first kappa shape index (κ1) is 26.0. The number of aromatic nitrogens is 5. The highest BCUT2D eigenvalue weighted by Gasteiger charge is 2.33. The molecule has 202 valence electrons. The Morgan fingerprint density at radius 3 is 2.62 bits per heavy atom. The molecule has 0 radical (unpaired) electrons. The van der Waals surface area contributed by atoms with Gasteiger partial charge in [0.05, 0.1) is 11.6 Å². The van der Waals surface area contributed by atoms with E-state index in [2.05, 4.69) is 25.1 Å². The number of aryl methyl sites for hydroxylation is 1. The molecule has 0 spiro atoms. The maximum absolute atomic E-state index is 14.0. The quantitative estimate of drug-likeness (QED) is 0.287. The monoisotopic (exact) mass is 551 g/mol. The predicted molar refractivity (Wildman–Crippen MR) is 152 cm³/mol. The van der Waals surface area contributed by atoms with Crippen molar-refractivity contribution >= 4 is 17.2 Å². The van der Waals surface area contributed by atoms with Crippen LogP contribution in [-0.4, -0.2) is 42.5 Å². The fourth-order valence-corrected chi connectivity index (χ4v) is 6.06. The molecule has 3 aromatic heterocycles. The van der Waals surface area contributed by atoms with E-state index in [-0.39, 0.29) is 11.9 Å². The van der Waals surface area contributed by atoms with Crippen LogP contribution in [-0.2, 0) is 12.0 Å². The lowest BCUT2D eigenvalue weighted by molar-refractivity contribution is 0.0735.